The van der Waals surface area contributed by atoms with Crippen molar-refractivity contribution in [2.24, 2.45) is 5.92 Å². The van der Waals surface area contributed by atoms with Gasteiger partial charge in [0.25, 0.3) is 0 Å². The Kier molecular flexibility index (Phi) is 4.30. The van der Waals surface area contributed by atoms with Crippen molar-refractivity contribution in [2.75, 3.05) is 18.0 Å². The quantitative estimate of drug-likeness (QED) is 0.839. The summed E-state index contributed by atoms with van der Waals surface area (Å²) in [5.74, 6) is 0.840. The van der Waals surface area contributed by atoms with Crippen molar-refractivity contribution in [2.45, 2.75) is 32.8 Å². The maximum atomic E-state index is 9.46. The fraction of sp³-hybridized carbons (Fsp3) is 0.571. The standard InChI is InChI=1S/C14H20ClNO/c1-2-8-16(9-11-6-7-11)14-5-3-4-13(15)12(14)10-17/h3-5,11,17H,2,6-10H2,1H3. The highest BCUT2D eigenvalue weighted by atomic mass is 35.5. The molecule has 1 saturated carbocycles. The van der Waals surface area contributed by atoms with E-state index in [-0.39, 0.29) is 6.61 Å². The molecule has 0 atom stereocenters. The highest BCUT2D eigenvalue weighted by molar-refractivity contribution is 6.31. The monoisotopic (exact) mass is 253 g/mol. The van der Waals surface area contributed by atoms with E-state index in [9.17, 15) is 5.11 Å². The largest absolute Gasteiger partial charge is 0.392 e. The summed E-state index contributed by atoms with van der Waals surface area (Å²) in [5, 5.41) is 10.1. The van der Waals surface area contributed by atoms with E-state index < -0.39 is 0 Å². The third-order valence-electron chi connectivity index (χ3n) is 3.26. The molecule has 1 aliphatic carbocycles. The Balaban J connectivity index is 2.23. The first kappa shape index (κ1) is 12.7. The molecule has 1 aromatic carbocycles. The molecular weight excluding hydrogens is 234 g/mol. The fourth-order valence-electron chi connectivity index (χ4n) is 2.19. The molecule has 0 saturated heterocycles. The van der Waals surface area contributed by atoms with Crippen molar-refractivity contribution in [3.05, 3.63) is 28.8 Å². The smallest absolute Gasteiger partial charge is 0.0716 e. The van der Waals surface area contributed by atoms with Gasteiger partial charge in [-0.25, -0.2) is 0 Å². The first-order valence-corrected chi connectivity index (χ1v) is 6.77. The van der Waals surface area contributed by atoms with Crippen molar-refractivity contribution < 1.29 is 5.11 Å². The molecule has 0 unspecified atom stereocenters. The number of aliphatic hydroxyl groups is 1. The molecule has 0 heterocycles. The summed E-state index contributed by atoms with van der Waals surface area (Å²) >= 11 is 6.14. The van der Waals surface area contributed by atoms with Crippen LogP contribution in [0.4, 0.5) is 5.69 Å². The lowest BCUT2D eigenvalue weighted by Gasteiger charge is -2.27. The Hall–Kier alpha value is -0.730. The molecule has 0 radical (unpaired) electrons. The van der Waals surface area contributed by atoms with Crippen molar-refractivity contribution in [3.8, 4) is 0 Å². The molecule has 0 bridgehead atoms. The van der Waals surface area contributed by atoms with Gasteiger partial charge in [-0.1, -0.05) is 24.6 Å². The Labute approximate surface area is 108 Å². The summed E-state index contributed by atoms with van der Waals surface area (Å²) in [7, 11) is 0. The number of hydrogen-bond acceptors (Lipinski definition) is 2. The summed E-state index contributed by atoms with van der Waals surface area (Å²) in [5.41, 5.74) is 1.97. The molecule has 2 nitrogen and oxygen atoms in total. The number of benzene rings is 1. The molecule has 94 valence electrons. The highest BCUT2D eigenvalue weighted by Gasteiger charge is 2.25. The van der Waals surface area contributed by atoms with Crippen LogP contribution in [-0.2, 0) is 6.61 Å². The molecule has 3 heteroatoms. The van der Waals surface area contributed by atoms with Crippen LogP contribution in [0.25, 0.3) is 0 Å². The van der Waals surface area contributed by atoms with Crippen molar-refractivity contribution in [3.63, 3.8) is 0 Å². The molecule has 17 heavy (non-hydrogen) atoms. The van der Waals surface area contributed by atoms with E-state index in [0.717, 1.165) is 36.7 Å². The van der Waals surface area contributed by atoms with Crippen LogP contribution < -0.4 is 4.90 Å². The molecule has 1 N–H and O–H groups in total. The fourth-order valence-corrected chi connectivity index (χ4v) is 2.42. The summed E-state index contributed by atoms with van der Waals surface area (Å²) in [6, 6.07) is 5.87. The number of rotatable bonds is 6. The molecule has 0 amide bonds. The average Bonchev–Trinajstić information content (AvgIpc) is 3.12. The molecule has 2 rings (SSSR count). The van der Waals surface area contributed by atoms with Gasteiger partial charge in [0.1, 0.15) is 0 Å². The molecule has 1 fully saturated rings. The molecule has 0 spiro atoms. The minimum absolute atomic E-state index is 0.0138. The summed E-state index contributed by atoms with van der Waals surface area (Å²) in [6.07, 6.45) is 3.80. The second kappa shape index (κ2) is 5.74. The van der Waals surface area contributed by atoms with Gasteiger partial charge in [-0.15, -0.1) is 0 Å². The predicted octanol–water partition coefficient (Wildman–Crippen LogP) is 3.46. The van der Waals surface area contributed by atoms with Crippen molar-refractivity contribution in [1.82, 2.24) is 0 Å². The summed E-state index contributed by atoms with van der Waals surface area (Å²) < 4.78 is 0. The zero-order valence-electron chi connectivity index (χ0n) is 10.3. The third-order valence-corrected chi connectivity index (χ3v) is 3.62. The van der Waals surface area contributed by atoms with Gasteiger partial charge in [-0.05, 0) is 37.3 Å². The average molecular weight is 254 g/mol. The van der Waals surface area contributed by atoms with Gasteiger partial charge in [0, 0.05) is 29.4 Å². The van der Waals surface area contributed by atoms with Crippen LogP contribution >= 0.6 is 11.6 Å². The number of nitrogens with zero attached hydrogens (tertiary/aromatic N) is 1. The van der Waals surface area contributed by atoms with E-state index in [1.165, 1.54) is 12.8 Å². The van der Waals surface area contributed by atoms with Gasteiger partial charge in [-0.2, -0.15) is 0 Å². The van der Waals surface area contributed by atoms with Gasteiger partial charge in [0.05, 0.1) is 6.61 Å². The lowest BCUT2D eigenvalue weighted by atomic mass is 10.1. The van der Waals surface area contributed by atoms with E-state index in [0.29, 0.717) is 5.02 Å². The topological polar surface area (TPSA) is 23.5 Å². The van der Waals surface area contributed by atoms with Crippen LogP contribution in [0.1, 0.15) is 31.7 Å². The SMILES string of the molecule is CCCN(CC1CC1)c1cccc(Cl)c1CO. The normalized spacial score (nSPS) is 15.0. The van der Waals surface area contributed by atoms with Gasteiger partial charge in [0.15, 0.2) is 0 Å². The number of halogens is 1. The maximum Gasteiger partial charge on any atom is 0.0716 e. The van der Waals surface area contributed by atoms with Crippen LogP contribution in [0.15, 0.2) is 18.2 Å². The summed E-state index contributed by atoms with van der Waals surface area (Å²) in [6.45, 7) is 4.33. The van der Waals surface area contributed by atoms with Gasteiger partial charge < -0.3 is 10.0 Å². The lowest BCUT2D eigenvalue weighted by Crippen LogP contribution is -2.27. The lowest BCUT2D eigenvalue weighted by molar-refractivity contribution is 0.282. The van der Waals surface area contributed by atoms with Gasteiger partial charge >= 0.3 is 0 Å². The van der Waals surface area contributed by atoms with E-state index in [2.05, 4.69) is 17.9 Å². The van der Waals surface area contributed by atoms with Gasteiger partial charge in [-0.3, -0.25) is 0 Å². The minimum atomic E-state index is 0.0138. The molecular formula is C14H20ClNO. The van der Waals surface area contributed by atoms with Crippen molar-refractivity contribution in [1.29, 1.82) is 0 Å². The van der Waals surface area contributed by atoms with Crippen LogP contribution in [0, 0.1) is 5.92 Å². The van der Waals surface area contributed by atoms with Crippen molar-refractivity contribution >= 4 is 17.3 Å². The Morgan fingerprint density at radius 1 is 1.41 bits per heavy atom. The first-order valence-electron chi connectivity index (χ1n) is 6.39. The third kappa shape index (κ3) is 3.14. The second-order valence-corrected chi connectivity index (χ2v) is 5.19. The van der Waals surface area contributed by atoms with E-state index >= 15 is 0 Å². The molecule has 0 aromatic heterocycles. The Morgan fingerprint density at radius 3 is 2.76 bits per heavy atom. The maximum absolute atomic E-state index is 9.46. The van der Waals surface area contributed by atoms with Gasteiger partial charge in [0.2, 0.25) is 0 Å². The van der Waals surface area contributed by atoms with E-state index in [4.69, 9.17) is 11.6 Å². The van der Waals surface area contributed by atoms with Crippen LogP contribution in [0.5, 0.6) is 0 Å². The molecule has 0 aliphatic heterocycles. The number of aliphatic hydroxyl groups excluding tert-OH is 1. The first-order chi connectivity index (χ1) is 8.26. The van der Waals surface area contributed by atoms with E-state index in [1.54, 1.807) is 0 Å². The highest BCUT2D eigenvalue weighted by Crippen LogP contribution is 2.34. The van der Waals surface area contributed by atoms with Crippen LogP contribution in [0.3, 0.4) is 0 Å². The number of hydrogen-bond donors (Lipinski definition) is 1. The van der Waals surface area contributed by atoms with Crippen LogP contribution in [0.2, 0.25) is 5.02 Å². The predicted molar refractivity (Wildman–Crippen MR) is 72.6 cm³/mol. The zero-order valence-corrected chi connectivity index (χ0v) is 11.1. The van der Waals surface area contributed by atoms with Crippen LogP contribution in [-0.4, -0.2) is 18.2 Å². The molecule has 1 aromatic rings. The molecule has 1 aliphatic rings. The Bertz CT molecular complexity index is 376. The summed E-state index contributed by atoms with van der Waals surface area (Å²) in [4.78, 5) is 2.37. The number of anilines is 1. The Morgan fingerprint density at radius 2 is 2.18 bits per heavy atom. The zero-order chi connectivity index (χ0) is 12.3. The second-order valence-electron chi connectivity index (χ2n) is 4.79. The minimum Gasteiger partial charge on any atom is -0.392 e. The van der Waals surface area contributed by atoms with E-state index in [1.807, 2.05) is 12.1 Å².